The van der Waals surface area contributed by atoms with Gasteiger partial charge < -0.3 is 19.2 Å². The Kier molecular flexibility index (Phi) is 7.44. The summed E-state index contributed by atoms with van der Waals surface area (Å²) < 4.78 is 16.3. The maximum Gasteiger partial charge on any atom is 0.332 e. The first-order valence-electron chi connectivity index (χ1n) is 9.28. The highest BCUT2D eigenvalue weighted by atomic mass is 16.5. The summed E-state index contributed by atoms with van der Waals surface area (Å²) in [6.45, 7) is 10.0. The average Bonchev–Trinajstić information content (AvgIpc) is 3.09. The van der Waals surface area contributed by atoms with Gasteiger partial charge in [-0.05, 0) is 56.0 Å². The molecule has 0 saturated carbocycles. The van der Waals surface area contributed by atoms with E-state index in [-0.39, 0.29) is 19.0 Å². The highest BCUT2D eigenvalue weighted by molar-refractivity contribution is 5.93. The molecule has 6 nitrogen and oxygen atoms in total. The summed E-state index contributed by atoms with van der Waals surface area (Å²) in [5.41, 5.74) is 2.61. The zero-order valence-electron chi connectivity index (χ0n) is 17.0. The van der Waals surface area contributed by atoms with Crippen molar-refractivity contribution in [2.75, 3.05) is 6.61 Å². The van der Waals surface area contributed by atoms with E-state index in [9.17, 15) is 9.59 Å². The van der Waals surface area contributed by atoms with E-state index in [0.717, 1.165) is 16.9 Å². The van der Waals surface area contributed by atoms with E-state index in [0.29, 0.717) is 17.4 Å². The molecule has 0 saturated heterocycles. The fourth-order valence-electron chi connectivity index (χ4n) is 2.61. The maximum atomic E-state index is 12.2. The minimum Gasteiger partial charge on any atom is -0.485 e. The molecule has 0 aliphatic carbocycles. The van der Waals surface area contributed by atoms with Crippen molar-refractivity contribution in [1.29, 1.82) is 0 Å². The summed E-state index contributed by atoms with van der Waals surface area (Å²) in [4.78, 5) is 23.6. The Bertz CT molecular complexity index is 864. The quantitative estimate of drug-likeness (QED) is 0.535. The van der Waals surface area contributed by atoms with E-state index >= 15 is 0 Å². The molecule has 1 heterocycles. The molecule has 0 atom stereocenters. The van der Waals surface area contributed by atoms with Crippen LogP contribution in [-0.4, -0.2) is 18.5 Å². The molecule has 28 heavy (non-hydrogen) atoms. The first-order valence-corrected chi connectivity index (χ1v) is 9.28. The predicted octanol–water partition coefficient (Wildman–Crippen LogP) is 4.49. The molecule has 2 rings (SSSR count). The van der Waals surface area contributed by atoms with Crippen molar-refractivity contribution in [2.45, 2.75) is 47.1 Å². The number of furan rings is 1. The largest absolute Gasteiger partial charge is 0.485 e. The van der Waals surface area contributed by atoms with Crippen LogP contribution in [0.1, 0.15) is 61.1 Å². The number of rotatable bonds is 8. The second-order valence-corrected chi connectivity index (χ2v) is 6.78. The first kappa shape index (κ1) is 21.3. The summed E-state index contributed by atoms with van der Waals surface area (Å²) in [5, 5.41) is 2.59. The number of allylic oxidation sites excluding steroid dienone is 1. The van der Waals surface area contributed by atoms with Gasteiger partial charge in [-0.3, -0.25) is 4.79 Å². The monoisotopic (exact) mass is 385 g/mol. The van der Waals surface area contributed by atoms with Crippen LogP contribution in [0.2, 0.25) is 0 Å². The third-order valence-corrected chi connectivity index (χ3v) is 3.98. The number of ether oxygens (including phenoxy) is 2. The number of amides is 1. The number of carbonyl (C=O) groups excluding carboxylic acids is 2. The van der Waals surface area contributed by atoms with Gasteiger partial charge in [0.05, 0.1) is 6.61 Å². The van der Waals surface area contributed by atoms with E-state index in [1.54, 1.807) is 26.0 Å². The smallest absolute Gasteiger partial charge is 0.332 e. The molecule has 0 spiro atoms. The van der Waals surface area contributed by atoms with Gasteiger partial charge >= 0.3 is 5.97 Å². The van der Waals surface area contributed by atoms with Gasteiger partial charge in [0.1, 0.15) is 18.1 Å². The lowest BCUT2D eigenvalue weighted by Crippen LogP contribution is -2.21. The topological polar surface area (TPSA) is 77.8 Å². The summed E-state index contributed by atoms with van der Waals surface area (Å²) in [7, 11) is 0. The minimum absolute atomic E-state index is 0.142. The summed E-state index contributed by atoms with van der Waals surface area (Å²) in [6.07, 6.45) is 1.22. The summed E-state index contributed by atoms with van der Waals surface area (Å²) >= 11 is 0. The molecule has 1 aromatic carbocycles. The van der Waals surface area contributed by atoms with Gasteiger partial charge in [0, 0.05) is 11.8 Å². The van der Waals surface area contributed by atoms with Gasteiger partial charge in [0.25, 0.3) is 5.91 Å². The fraction of sp³-hybridized carbons (Fsp3) is 0.364. The number of nitrogens with one attached hydrogen (secondary N) is 1. The minimum atomic E-state index is -0.507. The molecule has 150 valence electrons. The van der Waals surface area contributed by atoms with Gasteiger partial charge in [-0.25, -0.2) is 4.79 Å². The highest BCUT2D eigenvalue weighted by Crippen LogP contribution is 2.28. The van der Waals surface area contributed by atoms with Gasteiger partial charge in [0.15, 0.2) is 5.76 Å². The Morgan fingerprint density at radius 1 is 1.21 bits per heavy atom. The molecule has 0 bridgehead atoms. The van der Waals surface area contributed by atoms with Crippen LogP contribution in [0.15, 0.2) is 46.5 Å². The van der Waals surface area contributed by atoms with Crippen LogP contribution in [0.4, 0.5) is 0 Å². The Morgan fingerprint density at radius 3 is 2.64 bits per heavy atom. The summed E-state index contributed by atoms with van der Waals surface area (Å²) in [5.74, 6) is 0.876. The van der Waals surface area contributed by atoms with Crippen molar-refractivity contribution in [1.82, 2.24) is 5.32 Å². The molecule has 1 aromatic heterocycles. The second kappa shape index (κ2) is 9.78. The fourth-order valence-corrected chi connectivity index (χ4v) is 2.61. The Labute approximate surface area is 165 Å². The molecule has 0 fully saturated rings. The van der Waals surface area contributed by atoms with Crippen LogP contribution >= 0.6 is 0 Å². The zero-order valence-corrected chi connectivity index (χ0v) is 17.0. The standard InChI is InChI=1S/C22H27NO5/c1-6-26-21(24)12-16(5)23-22(25)19-10-8-17(28-19)13-27-20-11-15(4)7-9-18(20)14(2)3/h7-12,14H,6,13H2,1-5H3,(H,23,25)/b16-12+. The van der Waals surface area contributed by atoms with Gasteiger partial charge in [-0.1, -0.05) is 26.0 Å². The number of hydrogen-bond acceptors (Lipinski definition) is 5. The van der Waals surface area contributed by atoms with E-state index in [1.807, 2.05) is 13.0 Å². The van der Waals surface area contributed by atoms with E-state index < -0.39 is 11.9 Å². The molecule has 0 unspecified atom stereocenters. The molecule has 1 N–H and O–H groups in total. The molecular formula is C22H27NO5. The third kappa shape index (κ3) is 6.01. The predicted molar refractivity (Wildman–Crippen MR) is 106 cm³/mol. The van der Waals surface area contributed by atoms with Crippen molar-refractivity contribution < 1.29 is 23.5 Å². The second-order valence-electron chi connectivity index (χ2n) is 6.78. The van der Waals surface area contributed by atoms with Gasteiger partial charge in [-0.2, -0.15) is 0 Å². The Morgan fingerprint density at radius 2 is 1.96 bits per heavy atom. The lowest BCUT2D eigenvalue weighted by Gasteiger charge is -2.14. The van der Waals surface area contributed by atoms with Crippen LogP contribution < -0.4 is 10.1 Å². The first-order chi connectivity index (χ1) is 13.3. The molecule has 6 heteroatoms. The average molecular weight is 385 g/mol. The van der Waals surface area contributed by atoms with E-state index in [4.69, 9.17) is 13.9 Å². The lowest BCUT2D eigenvalue weighted by atomic mass is 10.0. The van der Waals surface area contributed by atoms with Crippen LogP contribution in [0.5, 0.6) is 5.75 Å². The highest BCUT2D eigenvalue weighted by Gasteiger charge is 2.14. The van der Waals surface area contributed by atoms with E-state index in [2.05, 4.69) is 31.3 Å². The number of esters is 1. The maximum absolute atomic E-state index is 12.2. The van der Waals surface area contributed by atoms with Gasteiger partial charge in [-0.15, -0.1) is 0 Å². The van der Waals surface area contributed by atoms with Crippen LogP contribution in [0.3, 0.4) is 0 Å². The van der Waals surface area contributed by atoms with Crippen LogP contribution in [0.25, 0.3) is 0 Å². The summed E-state index contributed by atoms with van der Waals surface area (Å²) in [6, 6.07) is 9.39. The Hall–Kier alpha value is -3.02. The molecule has 0 radical (unpaired) electrons. The van der Waals surface area contributed by atoms with Crippen molar-refractivity contribution >= 4 is 11.9 Å². The third-order valence-electron chi connectivity index (χ3n) is 3.98. The van der Waals surface area contributed by atoms with Crippen LogP contribution in [-0.2, 0) is 16.1 Å². The van der Waals surface area contributed by atoms with E-state index in [1.165, 1.54) is 6.08 Å². The van der Waals surface area contributed by atoms with Crippen molar-refractivity contribution in [3.05, 3.63) is 64.8 Å². The molecule has 0 aliphatic rings. The van der Waals surface area contributed by atoms with Crippen LogP contribution in [0, 0.1) is 6.92 Å². The number of hydrogen-bond donors (Lipinski definition) is 1. The van der Waals surface area contributed by atoms with Gasteiger partial charge in [0.2, 0.25) is 0 Å². The molecule has 2 aromatic rings. The van der Waals surface area contributed by atoms with Crippen molar-refractivity contribution in [3.8, 4) is 5.75 Å². The SMILES string of the molecule is CCOC(=O)/C=C(\C)NC(=O)c1ccc(COc2cc(C)ccc2C(C)C)o1. The zero-order chi connectivity index (χ0) is 20.7. The number of benzene rings is 1. The molecular weight excluding hydrogens is 358 g/mol. The number of carbonyl (C=O) groups is 2. The van der Waals surface area contributed by atoms with Crippen molar-refractivity contribution in [3.63, 3.8) is 0 Å². The Balaban J connectivity index is 2.00. The lowest BCUT2D eigenvalue weighted by molar-refractivity contribution is -0.137. The molecule has 0 aliphatic heterocycles. The normalized spacial score (nSPS) is 11.4. The van der Waals surface area contributed by atoms with Crippen molar-refractivity contribution in [2.24, 2.45) is 0 Å². The number of aryl methyl sites for hydroxylation is 1. The molecule has 1 amide bonds.